The molecular weight excluding hydrogens is 232 g/mol. The molecule has 0 aromatic carbocycles. The minimum absolute atomic E-state index is 0.176. The van der Waals surface area contributed by atoms with E-state index in [0.717, 1.165) is 19.7 Å². The SMILES string of the molecule is CC1(C)CCCc2sc(C3CNCCO3)nc21. The Kier molecular flexibility index (Phi) is 2.97. The van der Waals surface area contributed by atoms with Crippen molar-refractivity contribution in [1.82, 2.24) is 10.3 Å². The molecule has 2 heterocycles. The normalized spacial score (nSPS) is 27.8. The van der Waals surface area contributed by atoms with E-state index in [1.54, 1.807) is 0 Å². The van der Waals surface area contributed by atoms with Gasteiger partial charge in [-0.05, 0) is 19.3 Å². The number of aromatic nitrogens is 1. The van der Waals surface area contributed by atoms with E-state index in [1.807, 2.05) is 11.3 Å². The van der Waals surface area contributed by atoms with Crippen molar-refractivity contribution in [2.75, 3.05) is 19.7 Å². The standard InChI is InChI=1S/C13H20N2OS/c1-13(2)5-3-4-10-11(13)15-12(17-10)9-8-14-6-7-16-9/h9,14H,3-8H2,1-2H3. The van der Waals surface area contributed by atoms with Gasteiger partial charge in [0.2, 0.25) is 0 Å². The average molecular weight is 252 g/mol. The van der Waals surface area contributed by atoms with Gasteiger partial charge in [0, 0.05) is 23.4 Å². The number of rotatable bonds is 1. The fourth-order valence-electron chi connectivity index (χ4n) is 2.74. The molecule has 2 aliphatic rings. The number of hydrogen-bond donors (Lipinski definition) is 1. The number of thiazole rings is 1. The largest absolute Gasteiger partial charge is 0.368 e. The van der Waals surface area contributed by atoms with Crippen LogP contribution in [-0.4, -0.2) is 24.7 Å². The van der Waals surface area contributed by atoms with Gasteiger partial charge in [-0.25, -0.2) is 4.98 Å². The maximum absolute atomic E-state index is 5.80. The smallest absolute Gasteiger partial charge is 0.123 e. The van der Waals surface area contributed by atoms with Crippen LogP contribution in [0.1, 0.15) is 48.4 Å². The van der Waals surface area contributed by atoms with Crippen molar-refractivity contribution in [1.29, 1.82) is 0 Å². The summed E-state index contributed by atoms with van der Waals surface area (Å²) in [6.45, 7) is 7.31. The zero-order chi connectivity index (χ0) is 11.9. The lowest BCUT2D eigenvalue weighted by molar-refractivity contribution is 0.0274. The lowest BCUT2D eigenvalue weighted by Gasteiger charge is -2.28. The zero-order valence-corrected chi connectivity index (χ0v) is 11.4. The van der Waals surface area contributed by atoms with Gasteiger partial charge >= 0.3 is 0 Å². The lowest BCUT2D eigenvalue weighted by Crippen LogP contribution is -2.33. The summed E-state index contributed by atoms with van der Waals surface area (Å²) < 4.78 is 5.80. The molecule has 1 saturated heterocycles. The second-order valence-corrected chi connectivity index (χ2v) is 6.74. The van der Waals surface area contributed by atoms with Crippen LogP contribution in [-0.2, 0) is 16.6 Å². The van der Waals surface area contributed by atoms with Crippen molar-refractivity contribution in [2.45, 2.75) is 44.6 Å². The molecular formula is C13H20N2OS. The Bertz CT molecular complexity index is 408. The van der Waals surface area contributed by atoms with Crippen LogP contribution in [0.4, 0.5) is 0 Å². The predicted octanol–water partition coefficient (Wildman–Crippen LogP) is 2.42. The van der Waals surface area contributed by atoms with E-state index in [2.05, 4.69) is 19.2 Å². The molecule has 3 rings (SSSR count). The predicted molar refractivity (Wildman–Crippen MR) is 69.6 cm³/mol. The van der Waals surface area contributed by atoms with Crippen molar-refractivity contribution < 1.29 is 4.74 Å². The molecule has 1 aliphatic carbocycles. The minimum atomic E-state index is 0.176. The van der Waals surface area contributed by atoms with Crippen molar-refractivity contribution in [3.8, 4) is 0 Å². The van der Waals surface area contributed by atoms with Crippen molar-refractivity contribution >= 4 is 11.3 Å². The van der Waals surface area contributed by atoms with Crippen LogP contribution >= 0.6 is 11.3 Å². The first-order valence-corrected chi connectivity index (χ1v) is 7.31. The number of fused-ring (bicyclic) bond motifs is 1. The number of aryl methyl sites for hydroxylation is 1. The molecule has 3 nitrogen and oxygen atoms in total. The summed E-state index contributed by atoms with van der Waals surface area (Å²) in [5.74, 6) is 0. The average Bonchev–Trinajstić information content (AvgIpc) is 2.75. The summed E-state index contributed by atoms with van der Waals surface area (Å²) in [7, 11) is 0. The summed E-state index contributed by atoms with van der Waals surface area (Å²) in [6.07, 6.45) is 3.93. The molecule has 0 amide bonds. The molecule has 94 valence electrons. The zero-order valence-electron chi connectivity index (χ0n) is 10.6. The van der Waals surface area contributed by atoms with Crippen molar-refractivity contribution in [3.05, 3.63) is 15.6 Å². The Morgan fingerprint density at radius 2 is 2.35 bits per heavy atom. The molecule has 0 saturated carbocycles. The Morgan fingerprint density at radius 1 is 1.47 bits per heavy atom. The van der Waals surface area contributed by atoms with Gasteiger partial charge in [0.05, 0.1) is 12.3 Å². The third-order valence-electron chi connectivity index (χ3n) is 3.76. The number of hydrogen-bond acceptors (Lipinski definition) is 4. The Balaban J connectivity index is 1.90. The highest BCUT2D eigenvalue weighted by Gasteiger charge is 2.32. The summed E-state index contributed by atoms with van der Waals surface area (Å²) in [6, 6.07) is 0. The first-order chi connectivity index (χ1) is 8.17. The van der Waals surface area contributed by atoms with E-state index in [0.29, 0.717) is 0 Å². The van der Waals surface area contributed by atoms with E-state index in [1.165, 1.54) is 34.8 Å². The summed E-state index contributed by atoms with van der Waals surface area (Å²) in [4.78, 5) is 6.37. The topological polar surface area (TPSA) is 34.1 Å². The van der Waals surface area contributed by atoms with Crippen LogP contribution in [0.2, 0.25) is 0 Å². The fraction of sp³-hybridized carbons (Fsp3) is 0.769. The second kappa shape index (κ2) is 4.34. The van der Waals surface area contributed by atoms with E-state index in [9.17, 15) is 0 Å². The van der Waals surface area contributed by atoms with Gasteiger partial charge in [0.1, 0.15) is 11.1 Å². The Morgan fingerprint density at radius 3 is 3.06 bits per heavy atom. The first-order valence-electron chi connectivity index (χ1n) is 6.49. The van der Waals surface area contributed by atoms with E-state index >= 15 is 0 Å². The maximum Gasteiger partial charge on any atom is 0.123 e. The molecule has 17 heavy (non-hydrogen) atoms. The minimum Gasteiger partial charge on any atom is -0.368 e. The van der Waals surface area contributed by atoms with Crippen LogP contribution < -0.4 is 5.32 Å². The molecule has 1 N–H and O–H groups in total. The van der Waals surface area contributed by atoms with Crippen LogP contribution in [0.25, 0.3) is 0 Å². The van der Waals surface area contributed by atoms with Crippen LogP contribution in [0, 0.1) is 0 Å². The molecule has 0 radical (unpaired) electrons. The monoisotopic (exact) mass is 252 g/mol. The second-order valence-electron chi connectivity index (χ2n) is 5.62. The number of ether oxygens (including phenoxy) is 1. The number of nitrogens with zero attached hydrogens (tertiary/aromatic N) is 1. The molecule has 1 unspecified atom stereocenters. The van der Waals surface area contributed by atoms with Crippen LogP contribution in [0.3, 0.4) is 0 Å². The van der Waals surface area contributed by atoms with Gasteiger partial charge < -0.3 is 10.1 Å². The maximum atomic E-state index is 5.80. The van der Waals surface area contributed by atoms with Gasteiger partial charge in [-0.2, -0.15) is 0 Å². The van der Waals surface area contributed by atoms with Gasteiger partial charge in [0.15, 0.2) is 0 Å². The summed E-state index contributed by atoms with van der Waals surface area (Å²) >= 11 is 1.87. The Labute approximate surface area is 107 Å². The molecule has 1 fully saturated rings. The van der Waals surface area contributed by atoms with Crippen LogP contribution in [0.15, 0.2) is 0 Å². The summed E-state index contributed by atoms with van der Waals surface area (Å²) in [5.41, 5.74) is 1.59. The molecule has 0 bridgehead atoms. The number of morpholine rings is 1. The molecule has 1 aliphatic heterocycles. The molecule has 1 aromatic rings. The first kappa shape index (κ1) is 11.6. The quantitative estimate of drug-likeness (QED) is 0.833. The van der Waals surface area contributed by atoms with E-state index < -0.39 is 0 Å². The van der Waals surface area contributed by atoms with E-state index in [-0.39, 0.29) is 11.5 Å². The van der Waals surface area contributed by atoms with Gasteiger partial charge in [-0.3, -0.25) is 0 Å². The third kappa shape index (κ3) is 2.14. The number of nitrogens with one attached hydrogen (secondary N) is 1. The Hall–Kier alpha value is -0.450. The highest BCUT2D eigenvalue weighted by Crippen LogP contribution is 2.40. The molecule has 1 aromatic heterocycles. The van der Waals surface area contributed by atoms with E-state index in [4.69, 9.17) is 9.72 Å². The molecule has 1 atom stereocenters. The fourth-order valence-corrected chi connectivity index (χ4v) is 4.08. The lowest BCUT2D eigenvalue weighted by atomic mass is 9.79. The molecule has 4 heteroatoms. The van der Waals surface area contributed by atoms with Gasteiger partial charge in [0.25, 0.3) is 0 Å². The van der Waals surface area contributed by atoms with Gasteiger partial charge in [-0.1, -0.05) is 13.8 Å². The van der Waals surface area contributed by atoms with Crippen LogP contribution in [0.5, 0.6) is 0 Å². The van der Waals surface area contributed by atoms with Crippen molar-refractivity contribution in [3.63, 3.8) is 0 Å². The van der Waals surface area contributed by atoms with Crippen molar-refractivity contribution in [2.24, 2.45) is 0 Å². The highest BCUT2D eigenvalue weighted by atomic mass is 32.1. The highest BCUT2D eigenvalue weighted by molar-refractivity contribution is 7.11. The summed E-state index contributed by atoms with van der Waals surface area (Å²) in [5, 5.41) is 4.55. The van der Waals surface area contributed by atoms with Gasteiger partial charge in [-0.15, -0.1) is 11.3 Å². The third-order valence-corrected chi connectivity index (χ3v) is 4.97. The molecule has 0 spiro atoms.